The Labute approximate surface area is 72.3 Å². The number of carbonyl (C=O) groups excluding carboxylic acids is 1. The molecule has 1 atom stereocenters. The van der Waals surface area contributed by atoms with Crippen LogP contribution < -0.4 is 0 Å². The summed E-state index contributed by atoms with van der Waals surface area (Å²) in [6.45, 7) is 0. The number of carbonyl (C=O) groups is 1. The molecule has 12 heavy (non-hydrogen) atoms. The number of nitrogens with zero attached hydrogens (tertiary/aromatic N) is 1. The molecule has 0 N–H and O–H groups in total. The van der Waals surface area contributed by atoms with Crippen molar-refractivity contribution in [3.63, 3.8) is 0 Å². The molecule has 0 amide bonds. The van der Waals surface area contributed by atoms with E-state index in [1.807, 2.05) is 6.07 Å². The number of methoxy groups -OCH3 is 1. The zero-order chi connectivity index (χ0) is 9.40. The predicted molar refractivity (Wildman–Crippen MR) is 43.8 cm³/mol. The number of hydrogen-bond acceptors (Lipinski definition) is 3. The number of unbranched alkanes of at least 4 members (excludes halogenated alkanes) is 1. The van der Waals surface area contributed by atoms with E-state index in [0.29, 0.717) is 19.3 Å². The van der Waals surface area contributed by atoms with Crippen LogP contribution in [0.1, 0.15) is 19.3 Å². The fourth-order valence-corrected chi connectivity index (χ4v) is 0.786. The number of esters is 1. The highest BCUT2D eigenvalue weighted by atomic mass is 16.5. The lowest BCUT2D eigenvalue weighted by molar-refractivity contribution is -0.143. The molecule has 0 bridgehead atoms. The highest BCUT2D eigenvalue weighted by Crippen LogP contribution is 2.08. The summed E-state index contributed by atoms with van der Waals surface area (Å²) in [6, 6.07) is 1.87. The van der Waals surface area contributed by atoms with Gasteiger partial charge in [0.2, 0.25) is 0 Å². The van der Waals surface area contributed by atoms with Gasteiger partial charge in [-0.2, -0.15) is 5.26 Å². The molecule has 1 unspecified atom stereocenters. The first-order valence-corrected chi connectivity index (χ1v) is 3.67. The Kier molecular flexibility index (Phi) is 5.47. The number of nitriles is 1. The van der Waals surface area contributed by atoms with E-state index >= 15 is 0 Å². The van der Waals surface area contributed by atoms with Crippen molar-refractivity contribution in [2.24, 2.45) is 5.92 Å². The summed E-state index contributed by atoms with van der Waals surface area (Å²) >= 11 is 0. The SMILES string of the molecule is C#CCCCC(C#N)C(=O)OC. The molecule has 3 heteroatoms. The van der Waals surface area contributed by atoms with Crippen molar-refractivity contribution in [3.05, 3.63) is 0 Å². The number of hydrogen-bond donors (Lipinski definition) is 0. The molecular formula is C9H11NO2. The third-order valence-corrected chi connectivity index (χ3v) is 1.46. The van der Waals surface area contributed by atoms with Crippen LogP contribution in [-0.2, 0) is 9.53 Å². The number of terminal acetylenes is 1. The molecule has 0 aliphatic rings. The Balaban J connectivity index is 3.79. The molecule has 0 aromatic heterocycles. The minimum atomic E-state index is -0.664. The van der Waals surface area contributed by atoms with Gasteiger partial charge in [-0.3, -0.25) is 4.79 Å². The van der Waals surface area contributed by atoms with Crippen molar-refractivity contribution < 1.29 is 9.53 Å². The van der Waals surface area contributed by atoms with Gasteiger partial charge in [-0.1, -0.05) is 0 Å². The molecule has 0 aromatic carbocycles. The number of ether oxygens (including phenoxy) is 1. The molecule has 3 nitrogen and oxygen atoms in total. The fraction of sp³-hybridized carbons (Fsp3) is 0.556. The molecule has 0 aromatic rings. The van der Waals surface area contributed by atoms with Crippen LogP contribution in [0.15, 0.2) is 0 Å². The van der Waals surface area contributed by atoms with E-state index < -0.39 is 11.9 Å². The van der Waals surface area contributed by atoms with Crippen LogP contribution in [-0.4, -0.2) is 13.1 Å². The second-order valence-corrected chi connectivity index (χ2v) is 2.30. The Hall–Kier alpha value is -1.48. The minimum absolute atomic E-state index is 0.477. The molecule has 0 saturated heterocycles. The molecule has 0 spiro atoms. The van der Waals surface area contributed by atoms with E-state index in [1.54, 1.807) is 0 Å². The normalized spacial score (nSPS) is 10.9. The van der Waals surface area contributed by atoms with Gasteiger partial charge in [0, 0.05) is 6.42 Å². The Bertz CT molecular complexity index is 222. The van der Waals surface area contributed by atoms with Gasteiger partial charge in [0.05, 0.1) is 13.2 Å². The van der Waals surface area contributed by atoms with Crippen molar-refractivity contribution >= 4 is 5.97 Å². The molecule has 0 fully saturated rings. The monoisotopic (exact) mass is 165 g/mol. The standard InChI is InChI=1S/C9H11NO2/c1-3-4-5-6-8(7-10)9(11)12-2/h1,8H,4-6H2,2H3. The molecule has 0 aliphatic heterocycles. The van der Waals surface area contributed by atoms with Crippen LogP contribution in [0.25, 0.3) is 0 Å². The van der Waals surface area contributed by atoms with E-state index in [9.17, 15) is 4.79 Å². The molecule has 0 radical (unpaired) electrons. The quantitative estimate of drug-likeness (QED) is 0.356. The summed E-state index contributed by atoms with van der Waals surface area (Å²) < 4.78 is 4.42. The Morgan fingerprint density at radius 2 is 2.42 bits per heavy atom. The van der Waals surface area contributed by atoms with Gasteiger partial charge in [-0.25, -0.2) is 0 Å². The lowest BCUT2D eigenvalue weighted by Crippen LogP contribution is -2.13. The lowest BCUT2D eigenvalue weighted by atomic mass is 10.0. The smallest absolute Gasteiger partial charge is 0.323 e. The minimum Gasteiger partial charge on any atom is -0.468 e. The van der Waals surface area contributed by atoms with Gasteiger partial charge in [0.1, 0.15) is 5.92 Å². The molecule has 64 valence electrons. The highest BCUT2D eigenvalue weighted by Gasteiger charge is 2.16. The van der Waals surface area contributed by atoms with Crippen molar-refractivity contribution in [1.29, 1.82) is 5.26 Å². The maximum atomic E-state index is 10.8. The molecule has 0 saturated carbocycles. The second kappa shape index (κ2) is 6.24. The van der Waals surface area contributed by atoms with E-state index in [-0.39, 0.29) is 0 Å². The van der Waals surface area contributed by atoms with Crippen molar-refractivity contribution in [3.8, 4) is 18.4 Å². The van der Waals surface area contributed by atoms with Gasteiger partial charge in [-0.05, 0) is 12.8 Å². The van der Waals surface area contributed by atoms with Crippen LogP contribution >= 0.6 is 0 Å². The largest absolute Gasteiger partial charge is 0.468 e. The average molecular weight is 165 g/mol. The average Bonchev–Trinajstić information content (AvgIpc) is 2.11. The molecule has 0 heterocycles. The van der Waals surface area contributed by atoms with Crippen LogP contribution in [0, 0.1) is 29.6 Å². The van der Waals surface area contributed by atoms with Gasteiger partial charge in [0.25, 0.3) is 0 Å². The van der Waals surface area contributed by atoms with E-state index in [0.717, 1.165) is 0 Å². The van der Waals surface area contributed by atoms with Gasteiger partial charge in [-0.15, -0.1) is 12.3 Å². The maximum absolute atomic E-state index is 10.8. The summed E-state index contributed by atoms with van der Waals surface area (Å²) in [6.07, 6.45) is 6.77. The Morgan fingerprint density at radius 1 is 1.75 bits per heavy atom. The van der Waals surface area contributed by atoms with E-state index in [4.69, 9.17) is 11.7 Å². The summed E-state index contributed by atoms with van der Waals surface area (Å²) in [5.41, 5.74) is 0. The highest BCUT2D eigenvalue weighted by molar-refractivity contribution is 5.74. The third-order valence-electron chi connectivity index (χ3n) is 1.46. The first kappa shape index (κ1) is 10.5. The zero-order valence-corrected chi connectivity index (χ0v) is 7.04. The summed E-state index contributed by atoms with van der Waals surface area (Å²) in [5.74, 6) is 1.30. The summed E-state index contributed by atoms with van der Waals surface area (Å²) in [4.78, 5) is 10.8. The molecule has 0 rings (SSSR count). The van der Waals surface area contributed by atoms with E-state index in [2.05, 4.69) is 10.7 Å². The van der Waals surface area contributed by atoms with Crippen molar-refractivity contribution in [2.45, 2.75) is 19.3 Å². The maximum Gasteiger partial charge on any atom is 0.323 e. The van der Waals surface area contributed by atoms with Crippen molar-refractivity contribution in [2.75, 3.05) is 7.11 Å². The van der Waals surface area contributed by atoms with Gasteiger partial charge < -0.3 is 4.74 Å². The van der Waals surface area contributed by atoms with Gasteiger partial charge in [0.15, 0.2) is 0 Å². The van der Waals surface area contributed by atoms with Gasteiger partial charge >= 0.3 is 5.97 Å². The summed E-state index contributed by atoms with van der Waals surface area (Å²) in [5, 5.41) is 8.52. The molecule has 0 aliphatic carbocycles. The second-order valence-electron chi connectivity index (χ2n) is 2.30. The van der Waals surface area contributed by atoms with Crippen LogP contribution in [0.5, 0.6) is 0 Å². The zero-order valence-electron chi connectivity index (χ0n) is 7.04. The van der Waals surface area contributed by atoms with Crippen LogP contribution in [0.4, 0.5) is 0 Å². The first-order chi connectivity index (χ1) is 5.76. The summed E-state index contributed by atoms with van der Waals surface area (Å²) in [7, 11) is 1.27. The van der Waals surface area contributed by atoms with Crippen molar-refractivity contribution in [1.82, 2.24) is 0 Å². The number of rotatable bonds is 4. The molecular weight excluding hydrogens is 154 g/mol. The predicted octanol–water partition coefficient (Wildman–Crippen LogP) is 1.10. The van der Waals surface area contributed by atoms with Crippen LogP contribution in [0.3, 0.4) is 0 Å². The topological polar surface area (TPSA) is 50.1 Å². The Morgan fingerprint density at radius 3 is 2.83 bits per heavy atom. The van der Waals surface area contributed by atoms with Crippen LogP contribution in [0.2, 0.25) is 0 Å². The lowest BCUT2D eigenvalue weighted by Gasteiger charge is -2.03. The first-order valence-electron chi connectivity index (χ1n) is 3.67. The fourth-order valence-electron chi connectivity index (χ4n) is 0.786. The third kappa shape index (κ3) is 3.63. The van der Waals surface area contributed by atoms with E-state index in [1.165, 1.54) is 7.11 Å².